The number of aromatic nitrogens is 3. The van der Waals surface area contributed by atoms with Gasteiger partial charge in [0.1, 0.15) is 0 Å². The first kappa shape index (κ1) is 14.2. The Morgan fingerprint density at radius 2 is 2.10 bits per heavy atom. The topological polar surface area (TPSA) is 71.2 Å². The molecule has 0 saturated heterocycles. The number of aliphatic hydroxyl groups excluding tert-OH is 1. The van der Waals surface area contributed by atoms with Crippen molar-refractivity contribution < 1.29 is 9.90 Å². The molecule has 0 aliphatic rings. The van der Waals surface area contributed by atoms with E-state index in [1.165, 1.54) is 4.90 Å². The molecule has 0 fully saturated rings. The summed E-state index contributed by atoms with van der Waals surface area (Å²) in [5, 5.41) is 13.6. The second-order valence-electron chi connectivity index (χ2n) is 4.80. The third-order valence-electron chi connectivity index (χ3n) is 3.03. The molecular weight excluding hydrogens is 256 g/mol. The van der Waals surface area contributed by atoms with E-state index >= 15 is 0 Å². The summed E-state index contributed by atoms with van der Waals surface area (Å²) in [6, 6.07) is 3.65. The Morgan fingerprint density at radius 1 is 1.45 bits per heavy atom. The summed E-state index contributed by atoms with van der Waals surface area (Å²) in [5.41, 5.74) is 2.15. The minimum atomic E-state index is -0.556. The van der Waals surface area contributed by atoms with Crippen molar-refractivity contribution in [3.05, 3.63) is 42.0 Å². The number of rotatable bonds is 4. The lowest BCUT2D eigenvalue weighted by molar-refractivity contribution is 0.0703. The van der Waals surface area contributed by atoms with Crippen molar-refractivity contribution in [2.45, 2.75) is 20.0 Å². The monoisotopic (exact) mass is 274 g/mol. The van der Waals surface area contributed by atoms with Gasteiger partial charge in [0.25, 0.3) is 5.91 Å². The molecule has 2 rings (SSSR count). The molecule has 6 nitrogen and oxygen atoms in total. The molecule has 2 aromatic heterocycles. The Kier molecular flexibility index (Phi) is 4.14. The van der Waals surface area contributed by atoms with E-state index in [4.69, 9.17) is 0 Å². The van der Waals surface area contributed by atoms with Crippen molar-refractivity contribution in [2.24, 2.45) is 0 Å². The Balaban J connectivity index is 2.27. The Bertz CT molecular complexity index is 592. The van der Waals surface area contributed by atoms with Gasteiger partial charge in [0.15, 0.2) is 0 Å². The summed E-state index contributed by atoms with van der Waals surface area (Å²) < 4.78 is 1.70. The number of nitrogens with zero attached hydrogens (tertiary/aromatic N) is 4. The molecule has 0 spiro atoms. The SMILES string of the molecule is Cc1c(C(=O)N(C)CC(C)O)cnn1-c1ccncc1. The van der Waals surface area contributed by atoms with Gasteiger partial charge in [0, 0.05) is 26.0 Å². The maximum absolute atomic E-state index is 12.3. The smallest absolute Gasteiger partial charge is 0.257 e. The van der Waals surface area contributed by atoms with Crippen LogP contribution in [0.25, 0.3) is 5.69 Å². The second-order valence-corrected chi connectivity index (χ2v) is 4.80. The summed E-state index contributed by atoms with van der Waals surface area (Å²) in [4.78, 5) is 17.7. The van der Waals surface area contributed by atoms with Crippen molar-refractivity contribution in [3.8, 4) is 5.69 Å². The van der Waals surface area contributed by atoms with Gasteiger partial charge in [-0.2, -0.15) is 5.10 Å². The van der Waals surface area contributed by atoms with Gasteiger partial charge >= 0.3 is 0 Å². The van der Waals surface area contributed by atoms with Gasteiger partial charge in [-0.1, -0.05) is 0 Å². The predicted molar refractivity (Wildman–Crippen MR) is 74.7 cm³/mol. The maximum atomic E-state index is 12.3. The molecule has 1 amide bonds. The van der Waals surface area contributed by atoms with Gasteiger partial charge in [-0.3, -0.25) is 9.78 Å². The largest absolute Gasteiger partial charge is 0.392 e. The average molecular weight is 274 g/mol. The van der Waals surface area contributed by atoms with Crippen molar-refractivity contribution in [1.82, 2.24) is 19.7 Å². The van der Waals surface area contributed by atoms with E-state index in [-0.39, 0.29) is 5.91 Å². The fourth-order valence-electron chi connectivity index (χ4n) is 2.05. The molecule has 0 aliphatic heterocycles. The molecule has 0 aromatic carbocycles. The molecule has 1 N–H and O–H groups in total. The molecule has 0 aliphatic carbocycles. The number of carbonyl (C=O) groups is 1. The third-order valence-corrected chi connectivity index (χ3v) is 3.03. The summed E-state index contributed by atoms with van der Waals surface area (Å²) >= 11 is 0. The standard InChI is InChI=1S/C14H18N4O2/c1-10(19)9-17(3)14(20)13-8-16-18(11(13)2)12-4-6-15-7-5-12/h4-8,10,19H,9H2,1-3H3. The number of likely N-dealkylation sites (N-methyl/N-ethyl adjacent to an activating group) is 1. The number of hydrogen-bond acceptors (Lipinski definition) is 4. The summed E-state index contributed by atoms with van der Waals surface area (Å²) in [6.45, 7) is 3.78. The van der Waals surface area contributed by atoms with Crippen molar-refractivity contribution >= 4 is 5.91 Å². The van der Waals surface area contributed by atoms with Crippen molar-refractivity contribution in [3.63, 3.8) is 0 Å². The molecule has 2 aromatic rings. The minimum Gasteiger partial charge on any atom is -0.392 e. The first-order valence-electron chi connectivity index (χ1n) is 6.39. The van der Waals surface area contributed by atoms with E-state index in [2.05, 4.69) is 10.1 Å². The summed E-state index contributed by atoms with van der Waals surface area (Å²) in [5.74, 6) is -0.149. The lowest BCUT2D eigenvalue weighted by Gasteiger charge is -2.18. The van der Waals surface area contributed by atoms with Crippen LogP contribution in [0, 0.1) is 6.92 Å². The number of hydrogen-bond donors (Lipinski definition) is 1. The van der Waals surface area contributed by atoms with Crippen molar-refractivity contribution in [1.29, 1.82) is 0 Å². The minimum absolute atomic E-state index is 0.149. The fourth-order valence-corrected chi connectivity index (χ4v) is 2.05. The normalized spacial score (nSPS) is 12.2. The fraction of sp³-hybridized carbons (Fsp3) is 0.357. The quantitative estimate of drug-likeness (QED) is 0.904. The number of pyridine rings is 1. The van der Waals surface area contributed by atoms with Crippen LogP contribution < -0.4 is 0 Å². The van der Waals surface area contributed by atoms with Crippen LogP contribution in [0.2, 0.25) is 0 Å². The van der Waals surface area contributed by atoms with Gasteiger partial charge in [-0.15, -0.1) is 0 Å². The van der Waals surface area contributed by atoms with Gasteiger partial charge in [-0.25, -0.2) is 4.68 Å². The number of carbonyl (C=O) groups excluding carboxylic acids is 1. The molecule has 106 valence electrons. The molecule has 0 radical (unpaired) electrons. The average Bonchev–Trinajstić information content (AvgIpc) is 2.80. The van der Waals surface area contributed by atoms with Crippen molar-refractivity contribution in [2.75, 3.05) is 13.6 Å². The van der Waals surface area contributed by atoms with Crippen LogP contribution in [0.15, 0.2) is 30.7 Å². The van der Waals surface area contributed by atoms with E-state index in [0.717, 1.165) is 11.4 Å². The van der Waals surface area contributed by atoms with E-state index in [1.807, 2.05) is 19.1 Å². The zero-order chi connectivity index (χ0) is 14.7. The highest BCUT2D eigenvalue weighted by Crippen LogP contribution is 2.15. The maximum Gasteiger partial charge on any atom is 0.257 e. The summed E-state index contributed by atoms with van der Waals surface area (Å²) in [7, 11) is 1.66. The van der Waals surface area contributed by atoms with Gasteiger partial charge in [0.2, 0.25) is 0 Å². The predicted octanol–water partition coefficient (Wildman–Crippen LogP) is 1.03. The third kappa shape index (κ3) is 2.85. The van der Waals surface area contributed by atoms with Gasteiger partial charge in [-0.05, 0) is 26.0 Å². The molecule has 2 heterocycles. The molecule has 20 heavy (non-hydrogen) atoms. The van der Waals surface area contributed by atoms with Crippen LogP contribution in [-0.4, -0.2) is 50.4 Å². The molecular formula is C14H18N4O2. The van der Waals surface area contributed by atoms with Crippen LogP contribution in [0.3, 0.4) is 0 Å². The van der Waals surface area contributed by atoms with Gasteiger partial charge in [0.05, 0.1) is 29.2 Å². The van der Waals surface area contributed by atoms with E-state index in [1.54, 1.807) is 37.2 Å². The first-order chi connectivity index (χ1) is 9.50. The van der Waals surface area contributed by atoms with Crippen LogP contribution in [0.1, 0.15) is 23.0 Å². The van der Waals surface area contributed by atoms with E-state index in [9.17, 15) is 9.90 Å². The zero-order valence-electron chi connectivity index (χ0n) is 11.8. The lowest BCUT2D eigenvalue weighted by atomic mass is 10.2. The summed E-state index contributed by atoms with van der Waals surface area (Å²) in [6.07, 6.45) is 4.35. The van der Waals surface area contributed by atoms with E-state index < -0.39 is 6.10 Å². The highest BCUT2D eigenvalue weighted by atomic mass is 16.3. The first-order valence-corrected chi connectivity index (χ1v) is 6.39. The number of aliphatic hydroxyl groups is 1. The van der Waals surface area contributed by atoms with Crippen LogP contribution in [-0.2, 0) is 0 Å². The van der Waals surface area contributed by atoms with Crippen LogP contribution in [0.5, 0.6) is 0 Å². The second kappa shape index (κ2) is 5.83. The van der Waals surface area contributed by atoms with E-state index in [0.29, 0.717) is 12.1 Å². The number of amides is 1. The highest BCUT2D eigenvalue weighted by Gasteiger charge is 2.19. The lowest BCUT2D eigenvalue weighted by Crippen LogP contribution is -2.33. The van der Waals surface area contributed by atoms with Crippen LogP contribution in [0.4, 0.5) is 0 Å². The highest BCUT2D eigenvalue weighted by molar-refractivity contribution is 5.95. The molecule has 6 heteroatoms. The molecule has 1 atom stereocenters. The Hall–Kier alpha value is -2.21. The molecule has 0 bridgehead atoms. The Labute approximate surface area is 117 Å². The Morgan fingerprint density at radius 3 is 2.70 bits per heavy atom. The molecule has 1 unspecified atom stereocenters. The molecule has 0 saturated carbocycles. The zero-order valence-corrected chi connectivity index (χ0v) is 11.8. The van der Waals surface area contributed by atoms with Crippen LogP contribution >= 0.6 is 0 Å². The van der Waals surface area contributed by atoms with Gasteiger partial charge < -0.3 is 10.0 Å².